The minimum absolute atomic E-state index is 0.313. The van der Waals surface area contributed by atoms with E-state index in [0.29, 0.717) is 13.0 Å². The van der Waals surface area contributed by atoms with Crippen molar-refractivity contribution in [1.29, 1.82) is 0 Å². The summed E-state index contributed by atoms with van der Waals surface area (Å²) in [6, 6.07) is 17.3. The van der Waals surface area contributed by atoms with Crippen LogP contribution in [0.3, 0.4) is 0 Å². The van der Waals surface area contributed by atoms with E-state index in [1.807, 2.05) is 54.6 Å². The van der Waals surface area contributed by atoms with Crippen molar-refractivity contribution in [2.24, 2.45) is 5.73 Å². The molecule has 1 unspecified atom stereocenters. The summed E-state index contributed by atoms with van der Waals surface area (Å²) in [5.41, 5.74) is 8.00. The number of nitrogens with two attached hydrogens (primary N) is 1. The van der Waals surface area contributed by atoms with E-state index in [4.69, 9.17) is 15.6 Å². The smallest absolute Gasteiger partial charge is 0.328 e. The monoisotopic (exact) mass is 297 g/mol. The third-order valence-electron chi connectivity index (χ3n) is 3.13. The zero-order chi connectivity index (χ0) is 15.8. The Balaban J connectivity index is 1.86. The molecule has 2 aromatic rings. The highest BCUT2D eigenvalue weighted by Crippen LogP contribution is 2.15. The fourth-order valence-corrected chi connectivity index (χ4v) is 2.01. The summed E-state index contributed by atoms with van der Waals surface area (Å²) in [6.07, 6.45) is 3.15. The zero-order valence-corrected chi connectivity index (χ0v) is 12.2. The highest BCUT2D eigenvalue weighted by atomic mass is 16.5. The molecule has 0 saturated heterocycles. The average Bonchev–Trinajstić information content (AvgIpc) is 2.53. The van der Waals surface area contributed by atoms with E-state index in [-0.39, 0.29) is 6.04 Å². The molecule has 1 atom stereocenters. The van der Waals surface area contributed by atoms with Gasteiger partial charge in [-0.05, 0) is 29.7 Å². The van der Waals surface area contributed by atoms with Gasteiger partial charge in [-0.25, -0.2) is 4.79 Å². The molecule has 2 rings (SSSR count). The zero-order valence-electron chi connectivity index (χ0n) is 12.2. The second kappa shape index (κ2) is 8.00. The Morgan fingerprint density at radius 1 is 1.09 bits per heavy atom. The lowest BCUT2D eigenvalue weighted by Gasteiger charge is -2.09. The number of hydrogen-bond acceptors (Lipinski definition) is 3. The van der Waals surface area contributed by atoms with Crippen LogP contribution in [0, 0.1) is 0 Å². The number of hydrogen-bond donors (Lipinski definition) is 2. The molecule has 0 amide bonds. The molecule has 0 fully saturated rings. The fraction of sp³-hybridized carbons (Fsp3) is 0.167. The Labute approximate surface area is 129 Å². The number of rotatable bonds is 7. The Bertz CT molecular complexity index is 621. The van der Waals surface area contributed by atoms with Crippen molar-refractivity contribution in [3.05, 3.63) is 77.9 Å². The van der Waals surface area contributed by atoms with Gasteiger partial charge in [-0.2, -0.15) is 0 Å². The van der Waals surface area contributed by atoms with E-state index in [1.54, 1.807) is 0 Å². The minimum atomic E-state index is -0.986. The van der Waals surface area contributed by atoms with Gasteiger partial charge in [-0.15, -0.1) is 0 Å². The van der Waals surface area contributed by atoms with Crippen LogP contribution in [0.1, 0.15) is 11.1 Å². The van der Waals surface area contributed by atoms with Crippen molar-refractivity contribution < 1.29 is 14.6 Å². The van der Waals surface area contributed by atoms with Crippen molar-refractivity contribution in [1.82, 2.24) is 0 Å². The first kappa shape index (κ1) is 15.8. The maximum Gasteiger partial charge on any atom is 0.328 e. The van der Waals surface area contributed by atoms with Gasteiger partial charge >= 0.3 is 5.97 Å². The second-order valence-electron chi connectivity index (χ2n) is 4.98. The van der Waals surface area contributed by atoms with Crippen LogP contribution in [0.4, 0.5) is 0 Å². The van der Waals surface area contributed by atoms with Crippen LogP contribution < -0.4 is 10.5 Å². The number of carbonyl (C=O) groups is 1. The van der Waals surface area contributed by atoms with Crippen molar-refractivity contribution in [2.75, 3.05) is 0 Å². The molecule has 0 heterocycles. The van der Waals surface area contributed by atoms with E-state index >= 15 is 0 Å². The van der Waals surface area contributed by atoms with Gasteiger partial charge in [0.1, 0.15) is 12.4 Å². The lowest BCUT2D eigenvalue weighted by atomic mass is 10.1. The topological polar surface area (TPSA) is 72.6 Å². The van der Waals surface area contributed by atoms with Crippen molar-refractivity contribution in [2.45, 2.75) is 19.1 Å². The summed E-state index contributed by atoms with van der Waals surface area (Å²) in [5.74, 6) is -0.192. The first-order valence-corrected chi connectivity index (χ1v) is 7.06. The van der Waals surface area contributed by atoms with Crippen LogP contribution in [0.2, 0.25) is 0 Å². The quantitative estimate of drug-likeness (QED) is 0.771. The first-order chi connectivity index (χ1) is 10.6. The third-order valence-corrected chi connectivity index (χ3v) is 3.13. The van der Waals surface area contributed by atoms with Gasteiger partial charge < -0.3 is 15.6 Å². The Morgan fingerprint density at radius 2 is 1.77 bits per heavy atom. The molecule has 2 aromatic carbocycles. The molecular weight excluding hydrogens is 278 g/mol. The Morgan fingerprint density at radius 3 is 2.41 bits per heavy atom. The second-order valence-corrected chi connectivity index (χ2v) is 4.98. The van der Waals surface area contributed by atoms with Crippen LogP contribution in [-0.4, -0.2) is 17.1 Å². The number of ether oxygens (including phenoxy) is 1. The molecule has 0 aliphatic heterocycles. The highest BCUT2D eigenvalue weighted by Gasteiger charge is 2.02. The maximum absolute atomic E-state index is 10.4. The largest absolute Gasteiger partial charge is 0.489 e. The molecule has 0 aliphatic rings. The van der Waals surface area contributed by atoms with E-state index < -0.39 is 5.97 Å². The molecule has 114 valence electrons. The van der Waals surface area contributed by atoms with Gasteiger partial charge in [0.15, 0.2) is 0 Å². The SMILES string of the molecule is NC(C=CC(=O)O)Cc1ccc(OCc2ccccc2)cc1. The summed E-state index contributed by atoms with van der Waals surface area (Å²) in [6.45, 7) is 0.529. The lowest BCUT2D eigenvalue weighted by molar-refractivity contribution is -0.131. The van der Waals surface area contributed by atoms with Crippen LogP contribution in [0.15, 0.2) is 66.7 Å². The molecule has 4 heteroatoms. The lowest BCUT2D eigenvalue weighted by Crippen LogP contribution is -2.20. The van der Waals surface area contributed by atoms with E-state index in [9.17, 15) is 4.79 Å². The molecule has 4 nitrogen and oxygen atoms in total. The average molecular weight is 297 g/mol. The van der Waals surface area contributed by atoms with Gasteiger partial charge in [0.25, 0.3) is 0 Å². The van der Waals surface area contributed by atoms with E-state index in [2.05, 4.69) is 0 Å². The highest BCUT2D eigenvalue weighted by molar-refractivity contribution is 5.79. The summed E-state index contributed by atoms with van der Waals surface area (Å²) < 4.78 is 5.71. The molecule has 0 spiro atoms. The molecular formula is C18H19NO3. The molecule has 3 N–H and O–H groups in total. The fourth-order valence-electron chi connectivity index (χ4n) is 2.01. The van der Waals surface area contributed by atoms with E-state index in [0.717, 1.165) is 23.0 Å². The van der Waals surface area contributed by atoms with Crippen LogP contribution in [0.25, 0.3) is 0 Å². The third kappa shape index (κ3) is 5.42. The molecule has 0 bridgehead atoms. The molecule has 0 aromatic heterocycles. The van der Waals surface area contributed by atoms with Crippen LogP contribution in [0.5, 0.6) is 5.75 Å². The van der Waals surface area contributed by atoms with Gasteiger partial charge in [0.2, 0.25) is 0 Å². The van der Waals surface area contributed by atoms with Gasteiger partial charge in [-0.3, -0.25) is 0 Å². The number of carboxylic acid groups (broad SMARTS) is 1. The summed E-state index contributed by atoms with van der Waals surface area (Å²) >= 11 is 0. The Kier molecular flexibility index (Phi) is 5.74. The summed E-state index contributed by atoms with van der Waals surface area (Å²) in [4.78, 5) is 10.4. The first-order valence-electron chi connectivity index (χ1n) is 7.06. The van der Waals surface area contributed by atoms with Crippen molar-refractivity contribution in [3.63, 3.8) is 0 Å². The molecule has 0 radical (unpaired) electrons. The maximum atomic E-state index is 10.4. The number of aliphatic carboxylic acids is 1. The standard InChI is InChI=1S/C18H19NO3/c19-16(8-11-18(20)21)12-14-6-9-17(10-7-14)22-13-15-4-2-1-3-5-15/h1-11,16H,12-13,19H2,(H,20,21). The number of carboxylic acids is 1. The predicted octanol–water partition coefficient (Wildman–Crippen LogP) is 2.78. The minimum Gasteiger partial charge on any atom is -0.489 e. The molecule has 0 saturated carbocycles. The van der Waals surface area contributed by atoms with Gasteiger partial charge in [-0.1, -0.05) is 48.5 Å². The molecule has 0 aliphatic carbocycles. The Hall–Kier alpha value is -2.59. The van der Waals surface area contributed by atoms with Crippen molar-refractivity contribution >= 4 is 5.97 Å². The van der Waals surface area contributed by atoms with Crippen LogP contribution in [-0.2, 0) is 17.8 Å². The van der Waals surface area contributed by atoms with E-state index in [1.165, 1.54) is 6.08 Å². The van der Waals surface area contributed by atoms with Gasteiger partial charge in [0, 0.05) is 12.1 Å². The van der Waals surface area contributed by atoms with Gasteiger partial charge in [0.05, 0.1) is 0 Å². The summed E-state index contributed by atoms with van der Waals surface area (Å²) in [5, 5.41) is 8.56. The normalized spacial score (nSPS) is 12.2. The van der Waals surface area contributed by atoms with Crippen molar-refractivity contribution in [3.8, 4) is 5.75 Å². The predicted molar refractivity (Wildman–Crippen MR) is 85.7 cm³/mol. The van der Waals surface area contributed by atoms with Crippen LogP contribution >= 0.6 is 0 Å². The summed E-state index contributed by atoms with van der Waals surface area (Å²) in [7, 11) is 0. The number of benzene rings is 2. The molecule has 22 heavy (non-hydrogen) atoms.